The number of hydrogen-bond donors (Lipinski definition) is 1. The van der Waals surface area contributed by atoms with Gasteiger partial charge in [0, 0.05) is 38.7 Å². The third kappa shape index (κ3) is 5.88. The summed E-state index contributed by atoms with van der Waals surface area (Å²) in [4.78, 5) is 22.4. The quantitative estimate of drug-likeness (QED) is 0.467. The van der Waals surface area contributed by atoms with Crippen LogP contribution in [0, 0.1) is 0 Å². The van der Waals surface area contributed by atoms with Crippen molar-refractivity contribution < 1.29 is 14.3 Å². The predicted octanol–water partition coefficient (Wildman–Crippen LogP) is 1.24. The first-order chi connectivity index (χ1) is 9.52. The Labute approximate surface area is 122 Å². The molecule has 1 heterocycles. The Morgan fingerprint density at radius 1 is 1.55 bits per heavy atom. The number of aromatic nitrogens is 2. The molecule has 0 radical (unpaired) electrons. The van der Waals surface area contributed by atoms with E-state index >= 15 is 0 Å². The summed E-state index contributed by atoms with van der Waals surface area (Å²) < 4.78 is 6.06. The maximum Gasteiger partial charge on any atom is 0.330 e. The number of methoxy groups -OCH3 is 1. The zero-order valence-corrected chi connectivity index (χ0v) is 12.3. The van der Waals surface area contributed by atoms with Crippen molar-refractivity contribution in [2.75, 3.05) is 13.7 Å². The average Bonchev–Trinajstić information content (AvgIpc) is 2.74. The van der Waals surface area contributed by atoms with E-state index in [9.17, 15) is 9.59 Å². The molecule has 1 rings (SSSR count). The fraction of sp³-hybridized carbons (Fsp3) is 0.462. The van der Waals surface area contributed by atoms with E-state index in [1.807, 2.05) is 0 Å². The van der Waals surface area contributed by atoms with Crippen LogP contribution in [0.3, 0.4) is 0 Å². The molecule has 110 valence electrons. The first-order valence-corrected chi connectivity index (χ1v) is 6.60. The summed E-state index contributed by atoms with van der Waals surface area (Å²) in [6, 6.07) is 0. The molecule has 0 unspecified atom stereocenters. The molecule has 1 N–H and O–H groups in total. The minimum Gasteiger partial charge on any atom is -0.466 e. The molecule has 0 atom stereocenters. The first-order valence-electron chi connectivity index (χ1n) is 6.22. The average molecular weight is 300 g/mol. The standard InChI is InChI=1S/C13H18ClN3O3/c1-17-9-10(14)11(16-17)6-7-12(18)15-8-4-3-5-13(19)20-2/h3,5,9H,4,6-8H2,1-2H3,(H,15,18)/b5-3+. The summed E-state index contributed by atoms with van der Waals surface area (Å²) in [5.74, 6) is -0.473. The van der Waals surface area contributed by atoms with Gasteiger partial charge in [-0.1, -0.05) is 17.7 Å². The Morgan fingerprint density at radius 3 is 2.90 bits per heavy atom. The van der Waals surface area contributed by atoms with Crippen molar-refractivity contribution in [3.05, 3.63) is 29.1 Å². The Kier molecular flexibility index (Phi) is 6.79. The highest BCUT2D eigenvalue weighted by Crippen LogP contribution is 2.14. The van der Waals surface area contributed by atoms with Gasteiger partial charge < -0.3 is 10.1 Å². The van der Waals surface area contributed by atoms with Gasteiger partial charge in [-0.3, -0.25) is 9.48 Å². The number of nitrogens with one attached hydrogen (secondary N) is 1. The summed E-state index contributed by atoms with van der Waals surface area (Å²) in [5.41, 5.74) is 0.718. The largest absolute Gasteiger partial charge is 0.466 e. The number of hydrogen-bond acceptors (Lipinski definition) is 4. The number of carbonyl (C=O) groups is 2. The van der Waals surface area contributed by atoms with Gasteiger partial charge >= 0.3 is 5.97 Å². The molecule has 0 aliphatic rings. The van der Waals surface area contributed by atoms with E-state index in [-0.39, 0.29) is 5.91 Å². The van der Waals surface area contributed by atoms with E-state index in [1.54, 1.807) is 24.0 Å². The number of halogens is 1. The molecule has 7 heteroatoms. The lowest BCUT2D eigenvalue weighted by molar-refractivity contribution is -0.134. The molecule has 0 bridgehead atoms. The van der Waals surface area contributed by atoms with Crippen LogP contribution in [0.4, 0.5) is 0 Å². The lowest BCUT2D eigenvalue weighted by Crippen LogP contribution is -2.24. The molecule has 1 aromatic rings. The highest BCUT2D eigenvalue weighted by molar-refractivity contribution is 6.31. The van der Waals surface area contributed by atoms with Crippen molar-refractivity contribution >= 4 is 23.5 Å². The topological polar surface area (TPSA) is 73.2 Å². The van der Waals surface area contributed by atoms with Crippen molar-refractivity contribution in [1.82, 2.24) is 15.1 Å². The predicted molar refractivity (Wildman–Crippen MR) is 75.3 cm³/mol. The molecule has 0 saturated carbocycles. The van der Waals surface area contributed by atoms with Gasteiger partial charge in [0.1, 0.15) is 0 Å². The highest BCUT2D eigenvalue weighted by atomic mass is 35.5. The molecular weight excluding hydrogens is 282 g/mol. The van der Waals surface area contributed by atoms with Crippen LogP contribution in [-0.2, 0) is 27.8 Å². The highest BCUT2D eigenvalue weighted by Gasteiger charge is 2.08. The van der Waals surface area contributed by atoms with Crippen LogP contribution in [0.15, 0.2) is 18.3 Å². The number of ether oxygens (including phenoxy) is 1. The van der Waals surface area contributed by atoms with Crippen LogP contribution in [0.5, 0.6) is 0 Å². The minimum absolute atomic E-state index is 0.0711. The molecule has 6 nitrogen and oxygen atoms in total. The molecular formula is C13H18ClN3O3. The maximum absolute atomic E-state index is 11.6. The molecule has 0 aliphatic heterocycles. The second-order valence-corrected chi connectivity index (χ2v) is 4.57. The molecule has 0 saturated heterocycles. The Hall–Kier alpha value is -1.82. The SMILES string of the molecule is COC(=O)/C=C/CCNC(=O)CCc1nn(C)cc1Cl. The molecule has 1 amide bonds. The van der Waals surface area contributed by atoms with Crippen LogP contribution >= 0.6 is 11.6 Å². The first kappa shape index (κ1) is 16.2. The second kappa shape index (κ2) is 8.37. The minimum atomic E-state index is -0.402. The number of nitrogens with zero attached hydrogens (tertiary/aromatic N) is 2. The van der Waals surface area contributed by atoms with Gasteiger partial charge in [-0.05, 0) is 6.42 Å². The molecule has 0 spiro atoms. The van der Waals surface area contributed by atoms with Crippen molar-refractivity contribution in [1.29, 1.82) is 0 Å². The fourth-order valence-electron chi connectivity index (χ4n) is 1.54. The molecule has 1 aromatic heterocycles. The lowest BCUT2D eigenvalue weighted by Gasteiger charge is -2.02. The van der Waals surface area contributed by atoms with Crippen molar-refractivity contribution in [2.24, 2.45) is 7.05 Å². The third-order valence-electron chi connectivity index (χ3n) is 2.53. The van der Waals surface area contributed by atoms with E-state index in [0.717, 1.165) is 5.69 Å². The van der Waals surface area contributed by atoms with Crippen LogP contribution in [-0.4, -0.2) is 35.3 Å². The normalized spacial score (nSPS) is 10.8. The van der Waals surface area contributed by atoms with Gasteiger partial charge in [-0.2, -0.15) is 5.10 Å². The lowest BCUT2D eigenvalue weighted by atomic mass is 10.2. The Bertz CT molecular complexity index is 497. The van der Waals surface area contributed by atoms with Crippen LogP contribution in [0.2, 0.25) is 5.02 Å². The van der Waals surface area contributed by atoms with E-state index in [2.05, 4.69) is 15.2 Å². The van der Waals surface area contributed by atoms with Gasteiger partial charge in [0.05, 0.1) is 17.8 Å². The zero-order valence-electron chi connectivity index (χ0n) is 11.6. The van der Waals surface area contributed by atoms with Gasteiger partial charge in [0.15, 0.2) is 0 Å². The molecule has 0 aliphatic carbocycles. The van der Waals surface area contributed by atoms with Crippen LogP contribution < -0.4 is 5.32 Å². The molecule has 0 aromatic carbocycles. The summed E-state index contributed by atoms with van der Waals surface area (Å²) in [6.07, 6.45) is 6.10. The second-order valence-electron chi connectivity index (χ2n) is 4.16. The van der Waals surface area contributed by atoms with Gasteiger partial charge in [0.2, 0.25) is 5.91 Å². The van der Waals surface area contributed by atoms with Gasteiger partial charge in [0.25, 0.3) is 0 Å². The van der Waals surface area contributed by atoms with E-state index in [4.69, 9.17) is 11.6 Å². The number of carbonyl (C=O) groups excluding carboxylic acids is 2. The van der Waals surface area contributed by atoms with Crippen LogP contribution in [0.25, 0.3) is 0 Å². The third-order valence-corrected chi connectivity index (χ3v) is 2.85. The van der Waals surface area contributed by atoms with Gasteiger partial charge in [-0.15, -0.1) is 0 Å². The number of rotatable bonds is 7. The van der Waals surface area contributed by atoms with E-state index in [1.165, 1.54) is 13.2 Å². The fourth-order valence-corrected chi connectivity index (χ4v) is 1.81. The van der Waals surface area contributed by atoms with E-state index in [0.29, 0.717) is 30.8 Å². The van der Waals surface area contributed by atoms with Crippen molar-refractivity contribution in [3.63, 3.8) is 0 Å². The number of aryl methyl sites for hydroxylation is 2. The Morgan fingerprint density at radius 2 is 2.30 bits per heavy atom. The van der Waals surface area contributed by atoms with E-state index < -0.39 is 5.97 Å². The molecule has 20 heavy (non-hydrogen) atoms. The van der Waals surface area contributed by atoms with Gasteiger partial charge in [-0.25, -0.2) is 4.79 Å². The maximum atomic E-state index is 11.6. The number of esters is 1. The smallest absolute Gasteiger partial charge is 0.330 e. The Balaban J connectivity index is 2.19. The van der Waals surface area contributed by atoms with Crippen molar-refractivity contribution in [3.8, 4) is 0 Å². The van der Waals surface area contributed by atoms with Crippen molar-refractivity contribution in [2.45, 2.75) is 19.3 Å². The zero-order chi connectivity index (χ0) is 15.0. The number of amides is 1. The summed E-state index contributed by atoms with van der Waals surface area (Å²) in [7, 11) is 3.10. The summed E-state index contributed by atoms with van der Waals surface area (Å²) >= 11 is 5.95. The summed E-state index contributed by atoms with van der Waals surface area (Å²) in [6.45, 7) is 0.474. The summed E-state index contributed by atoms with van der Waals surface area (Å²) in [5, 5.41) is 7.48. The van der Waals surface area contributed by atoms with Crippen LogP contribution in [0.1, 0.15) is 18.5 Å². The molecule has 0 fully saturated rings. The monoisotopic (exact) mass is 299 g/mol.